The first-order valence-electron chi connectivity index (χ1n) is 6.53. The number of hydrogen-bond donors (Lipinski definition) is 0. The SMILES string of the molecule is FC(F)(F)c1ccc(Cc2ccc3ccccc3n2)cc1. The molecule has 0 aliphatic heterocycles. The number of rotatable bonds is 2. The Balaban J connectivity index is 1.84. The number of halogens is 3. The smallest absolute Gasteiger partial charge is 0.252 e. The minimum Gasteiger partial charge on any atom is -0.252 e. The molecule has 0 spiro atoms. The van der Waals surface area contributed by atoms with Gasteiger partial charge in [0.2, 0.25) is 0 Å². The van der Waals surface area contributed by atoms with Crippen LogP contribution < -0.4 is 0 Å². The van der Waals surface area contributed by atoms with Crippen LogP contribution in [0.5, 0.6) is 0 Å². The standard InChI is InChI=1S/C17H12F3N/c18-17(19,20)14-8-5-12(6-9-14)11-15-10-7-13-3-1-2-4-16(13)21-15/h1-10H,11H2. The van der Waals surface area contributed by atoms with E-state index in [1.165, 1.54) is 12.1 Å². The zero-order valence-electron chi connectivity index (χ0n) is 11.1. The summed E-state index contributed by atoms with van der Waals surface area (Å²) in [4.78, 5) is 4.52. The average Bonchev–Trinajstić information content (AvgIpc) is 2.47. The number of alkyl halides is 3. The minimum atomic E-state index is -4.29. The fourth-order valence-corrected chi connectivity index (χ4v) is 2.23. The lowest BCUT2D eigenvalue weighted by molar-refractivity contribution is -0.137. The Hall–Kier alpha value is -2.36. The van der Waals surface area contributed by atoms with Crippen molar-refractivity contribution in [3.8, 4) is 0 Å². The summed E-state index contributed by atoms with van der Waals surface area (Å²) < 4.78 is 37.5. The van der Waals surface area contributed by atoms with Gasteiger partial charge in [0.15, 0.2) is 0 Å². The van der Waals surface area contributed by atoms with Crippen LogP contribution in [0.25, 0.3) is 10.9 Å². The summed E-state index contributed by atoms with van der Waals surface area (Å²) in [6.07, 6.45) is -3.78. The van der Waals surface area contributed by atoms with E-state index in [-0.39, 0.29) is 0 Å². The molecular weight excluding hydrogens is 275 g/mol. The first-order valence-corrected chi connectivity index (χ1v) is 6.53. The number of fused-ring (bicyclic) bond motifs is 1. The zero-order valence-corrected chi connectivity index (χ0v) is 11.1. The van der Waals surface area contributed by atoms with Gasteiger partial charge >= 0.3 is 6.18 Å². The highest BCUT2D eigenvalue weighted by molar-refractivity contribution is 5.78. The van der Waals surface area contributed by atoms with Crippen LogP contribution in [0.4, 0.5) is 13.2 Å². The van der Waals surface area contributed by atoms with Crippen molar-refractivity contribution >= 4 is 10.9 Å². The van der Waals surface area contributed by atoms with E-state index in [4.69, 9.17) is 0 Å². The van der Waals surface area contributed by atoms with E-state index in [9.17, 15) is 13.2 Å². The second-order valence-corrected chi connectivity index (χ2v) is 4.87. The predicted molar refractivity (Wildman–Crippen MR) is 76.0 cm³/mol. The largest absolute Gasteiger partial charge is 0.416 e. The highest BCUT2D eigenvalue weighted by atomic mass is 19.4. The van der Waals surface area contributed by atoms with E-state index in [2.05, 4.69) is 4.98 Å². The van der Waals surface area contributed by atoms with Crippen molar-refractivity contribution in [2.24, 2.45) is 0 Å². The normalized spacial score (nSPS) is 11.8. The molecule has 1 heterocycles. The van der Waals surface area contributed by atoms with Crippen molar-refractivity contribution in [3.63, 3.8) is 0 Å². The monoisotopic (exact) mass is 287 g/mol. The number of pyridine rings is 1. The molecule has 106 valence electrons. The second kappa shape index (κ2) is 5.20. The van der Waals surface area contributed by atoms with Crippen LogP contribution in [-0.4, -0.2) is 4.98 Å². The van der Waals surface area contributed by atoms with Gasteiger partial charge in [-0.3, -0.25) is 4.98 Å². The molecule has 0 aliphatic rings. The van der Waals surface area contributed by atoms with E-state index in [1.54, 1.807) is 0 Å². The fraction of sp³-hybridized carbons (Fsp3) is 0.118. The molecule has 2 aromatic carbocycles. The van der Waals surface area contributed by atoms with Crippen LogP contribution in [0, 0.1) is 0 Å². The summed E-state index contributed by atoms with van der Waals surface area (Å²) in [5, 5.41) is 1.05. The number of nitrogens with zero attached hydrogens (tertiary/aromatic N) is 1. The molecular formula is C17H12F3N. The van der Waals surface area contributed by atoms with Gasteiger partial charge in [-0.1, -0.05) is 36.4 Å². The summed E-state index contributed by atoms with van der Waals surface area (Å²) in [5.41, 5.74) is 1.92. The molecule has 0 bridgehead atoms. The molecule has 3 rings (SSSR count). The Morgan fingerprint density at radius 2 is 1.52 bits per heavy atom. The van der Waals surface area contributed by atoms with Crippen LogP contribution in [0.1, 0.15) is 16.8 Å². The van der Waals surface area contributed by atoms with Crippen LogP contribution in [0.3, 0.4) is 0 Å². The Morgan fingerprint density at radius 3 is 2.24 bits per heavy atom. The third kappa shape index (κ3) is 3.05. The summed E-state index contributed by atoms with van der Waals surface area (Å²) in [6, 6.07) is 16.8. The van der Waals surface area contributed by atoms with E-state index < -0.39 is 11.7 Å². The molecule has 1 nitrogen and oxygen atoms in total. The molecule has 21 heavy (non-hydrogen) atoms. The number of para-hydroxylation sites is 1. The van der Waals surface area contributed by atoms with Gasteiger partial charge < -0.3 is 0 Å². The maximum absolute atomic E-state index is 12.5. The van der Waals surface area contributed by atoms with E-state index in [0.717, 1.165) is 34.3 Å². The van der Waals surface area contributed by atoms with Crippen LogP contribution in [0.15, 0.2) is 60.7 Å². The minimum absolute atomic E-state index is 0.517. The number of aromatic nitrogens is 1. The topological polar surface area (TPSA) is 12.9 Å². The molecule has 0 atom stereocenters. The Bertz CT molecular complexity index is 761. The molecule has 1 aromatic heterocycles. The Kier molecular flexibility index (Phi) is 3.37. The highest BCUT2D eigenvalue weighted by Gasteiger charge is 2.29. The van der Waals surface area contributed by atoms with Gasteiger partial charge in [0, 0.05) is 17.5 Å². The lowest BCUT2D eigenvalue weighted by atomic mass is 10.1. The maximum Gasteiger partial charge on any atom is 0.416 e. The quantitative estimate of drug-likeness (QED) is 0.657. The molecule has 0 fully saturated rings. The molecule has 4 heteroatoms. The van der Waals surface area contributed by atoms with Gasteiger partial charge in [-0.25, -0.2) is 0 Å². The van der Waals surface area contributed by atoms with Gasteiger partial charge in [0.05, 0.1) is 11.1 Å². The van der Waals surface area contributed by atoms with Crippen molar-refractivity contribution < 1.29 is 13.2 Å². The molecule has 0 saturated carbocycles. The summed E-state index contributed by atoms with van der Waals surface area (Å²) in [6.45, 7) is 0. The van der Waals surface area contributed by atoms with E-state index in [0.29, 0.717) is 6.42 Å². The first-order chi connectivity index (χ1) is 10.0. The number of hydrogen-bond acceptors (Lipinski definition) is 1. The molecule has 0 radical (unpaired) electrons. The predicted octanol–water partition coefficient (Wildman–Crippen LogP) is 4.84. The summed E-state index contributed by atoms with van der Waals surface area (Å²) in [7, 11) is 0. The maximum atomic E-state index is 12.5. The van der Waals surface area contributed by atoms with Crippen molar-refractivity contribution in [2.45, 2.75) is 12.6 Å². The van der Waals surface area contributed by atoms with Gasteiger partial charge in [-0.05, 0) is 29.8 Å². The fourth-order valence-electron chi connectivity index (χ4n) is 2.23. The average molecular weight is 287 g/mol. The van der Waals surface area contributed by atoms with Crippen LogP contribution >= 0.6 is 0 Å². The Morgan fingerprint density at radius 1 is 0.810 bits per heavy atom. The molecule has 0 unspecified atom stereocenters. The van der Waals surface area contributed by atoms with Gasteiger partial charge in [0.1, 0.15) is 0 Å². The lowest BCUT2D eigenvalue weighted by Gasteiger charge is -2.08. The van der Waals surface area contributed by atoms with Crippen molar-refractivity contribution in [1.82, 2.24) is 4.98 Å². The Labute approximate surface area is 120 Å². The van der Waals surface area contributed by atoms with E-state index in [1.807, 2.05) is 36.4 Å². The second-order valence-electron chi connectivity index (χ2n) is 4.87. The zero-order chi connectivity index (χ0) is 14.9. The first kappa shape index (κ1) is 13.6. The third-order valence-corrected chi connectivity index (χ3v) is 3.32. The number of benzene rings is 2. The summed E-state index contributed by atoms with van der Waals surface area (Å²) in [5.74, 6) is 0. The lowest BCUT2D eigenvalue weighted by Crippen LogP contribution is -2.04. The van der Waals surface area contributed by atoms with Crippen LogP contribution in [0.2, 0.25) is 0 Å². The van der Waals surface area contributed by atoms with Crippen molar-refractivity contribution in [2.75, 3.05) is 0 Å². The van der Waals surface area contributed by atoms with Crippen molar-refractivity contribution in [3.05, 3.63) is 77.5 Å². The molecule has 0 N–H and O–H groups in total. The third-order valence-electron chi connectivity index (χ3n) is 3.32. The highest BCUT2D eigenvalue weighted by Crippen LogP contribution is 2.29. The van der Waals surface area contributed by atoms with Gasteiger partial charge in [0.25, 0.3) is 0 Å². The van der Waals surface area contributed by atoms with Gasteiger partial charge in [-0.15, -0.1) is 0 Å². The van der Waals surface area contributed by atoms with E-state index >= 15 is 0 Å². The van der Waals surface area contributed by atoms with Gasteiger partial charge in [-0.2, -0.15) is 13.2 Å². The molecule has 0 amide bonds. The van der Waals surface area contributed by atoms with Crippen LogP contribution in [-0.2, 0) is 12.6 Å². The molecule has 3 aromatic rings. The molecule has 0 aliphatic carbocycles. The molecule has 0 saturated heterocycles. The summed E-state index contributed by atoms with van der Waals surface area (Å²) >= 11 is 0. The van der Waals surface area contributed by atoms with Crippen molar-refractivity contribution in [1.29, 1.82) is 0 Å².